The van der Waals surface area contributed by atoms with Crippen molar-refractivity contribution in [3.8, 4) is 0 Å². The summed E-state index contributed by atoms with van der Waals surface area (Å²) in [5, 5.41) is 0. The fraction of sp³-hybridized carbons (Fsp3) is 0.500. The van der Waals surface area contributed by atoms with Crippen LogP contribution >= 0.6 is 0 Å². The molecule has 0 N–H and O–H groups in total. The van der Waals surface area contributed by atoms with E-state index < -0.39 is 23.7 Å². The Labute approximate surface area is 129 Å². The molecule has 0 bridgehead atoms. The van der Waals surface area contributed by atoms with Gasteiger partial charge in [-0.25, -0.2) is 9.59 Å². The van der Waals surface area contributed by atoms with Gasteiger partial charge in [0.05, 0.1) is 19.2 Å². The molecular weight excluding hydrogens is 286 g/mol. The van der Waals surface area contributed by atoms with E-state index in [1.54, 1.807) is 13.8 Å². The summed E-state index contributed by atoms with van der Waals surface area (Å²) >= 11 is 0. The highest BCUT2D eigenvalue weighted by atomic mass is 16.6. The molecule has 1 aromatic carbocycles. The van der Waals surface area contributed by atoms with Gasteiger partial charge in [0.25, 0.3) is 0 Å². The number of carbonyl (C=O) groups is 2. The number of hydrogen-bond donors (Lipinski definition) is 0. The molecule has 1 aliphatic rings. The Bertz CT molecular complexity index is 533. The number of likely N-dealkylation sites (tertiary alicyclic amines) is 1. The predicted molar refractivity (Wildman–Crippen MR) is 79.2 cm³/mol. The molecule has 0 aromatic heterocycles. The number of benzene rings is 1. The van der Waals surface area contributed by atoms with Gasteiger partial charge in [-0.2, -0.15) is 0 Å². The second kappa shape index (κ2) is 6.79. The lowest BCUT2D eigenvalue weighted by Gasteiger charge is -2.51. The number of rotatable bonds is 5. The van der Waals surface area contributed by atoms with Gasteiger partial charge in [0.15, 0.2) is 0 Å². The number of hydrogen-bond acceptors (Lipinski definition) is 5. The molecule has 1 fully saturated rings. The van der Waals surface area contributed by atoms with E-state index in [-0.39, 0.29) is 19.8 Å². The van der Waals surface area contributed by atoms with Crippen LogP contribution in [0.15, 0.2) is 30.3 Å². The van der Waals surface area contributed by atoms with Crippen molar-refractivity contribution >= 4 is 12.1 Å². The third-order valence-electron chi connectivity index (χ3n) is 3.97. The molecule has 22 heavy (non-hydrogen) atoms. The normalized spacial score (nSPS) is 23.6. The van der Waals surface area contributed by atoms with Crippen LogP contribution in [0.2, 0.25) is 0 Å². The largest absolute Gasteiger partial charge is 0.464 e. The molecule has 0 aliphatic carbocycles. The van der Waals surface area contributed by atoms with Gasteiger partial charge < -0.3 is 14.2 Å². The zero-order valence-corrected chi connectivity index (χ0v) is 13.1. The third-order valence-corrected chi connectivity index (χ3v) is 3.97. The average molecular weight is 307 g/mol. The van der Waals surface area contributed by atoms with E-state index in [1.165, 1.54) is 12.0 Å². The van der Waals surface area contributed by atoms with E-state index in [2.05, 4.69) is 0 Å². The maximum Gasteiger partial charge on any atom is 0.410 e. The van der Waals surface area contributed by atoms with E-state index >= 15 is 0 Å². The van der Waals surface area contributed by atoms with Crippen LogP contribution in [0.5, 0.6) is 0 Å². The Morgan fingerprint density at radius 1 is 1.27 bits per heavy atom. The van der Waals surface area contributed by atoms with Crippen LogP contribution in [-0.4, -0.2) is 48.9 Å². The van der Waals surface area contributed by atoms with Gasteiger partial charge in [0.2, 0.25) is 5.60 Å². The van der Waals surface area contributed by atoms with E-state index in [1.807, 2.05) is 30.3 Å². The summed E-state index contributed by atoms with van der Waals surface area (Å²) in [6.45, 7) is 4.08. The summed E-state index contributed by atoms with van der Waals surface area (Å²) < 4.78 is 15.6. The van der Waals surface area contributed by atoms with Gasteiger partial charge in [-0.1, -0.05) is 30.3 Å². The second-order valence-corrected chi connectivity index (χ2v) is 5.16. The highest BCUT2D eigenvalue weighted by molar-refractivity contribution is 5.85. The van der Waals surface area contributed by atoms with Crippen LogP contribution in [0.25, 0.3) is 0 Å². The van der Waals surface area contributed by atoms with Crippen molar-refractivity contribution in [3.05, 3.63) is 35.9 Å². The minimum atomic E-state index is -1.10. The van der Waals surface area contributed by atoms with E-state index in [0.29, 0.717) is 0 Å². The first-order chi connectivity index (χ1) is 10.5. The lowest BCUT2D eigenvalue weighted by Crippen LogP contribution is -2.74. The van der Waals surface area contributed by atoms with Crippen molar-refractivity contribution in [2.75, 3.05) is 20.3 Å². The molecule has 0 radical (unpaired) electrons. The van der Waals surface area contributed by atoms with Gasteiger partial charge in [-0.05, 0) is 19.4 Å². The van der Waals surface area contributed by atoms with Crippen LogP contribution in [-0.2, 0) is 25.6 Å². The molecule has 2 atom stereocenters. The average Bonchev–Trinajstić information content (AvgIpc) is 2.53. The van der Waals surface area contributed by atoms with Gasteiger partial charge in [-0.15, -0.1) is 0 Å². The van der Waals surface area contributed by atoms with Crippen LogP contribution < -0.4 is 0 Å². The summed E-state index contributed by atoms with van der Waals surface area (Å²) in [4.78, 5) is 25.6. The van der Waals surface area contributed by atoms with Crippen molar-refractivity contribution in [2.45, 2.75) is 32.1 Å². The minimum Gasteiger partial charge on any atom is -0.464 e. The maximum atomic E-state index is 12.1. The monoisotopic (exact) mass is 307 g/mol. The smallest absolute Gasteiger partial charge is 0.410 e. The quantitative estimate of drug-likeness (QED) is 0.778. The standard InChI is InChI=1S/C16H21NO5/c1-4-21-14(18)16(20-3)11-17(12(16)2)15(19)22-10-13-8-6-5-7-9-13/h5-9,12H,4,10-11H2,1-3H3. The zero-order valence-electron chi connectivity index (χ0n) is 13.1. The molecule has 0 spiro atoms. The van der Waals surface area contributed by atoms with Crippen LogP contribution in [0.4, 0.5) is 4.79 Å². The van der Waals surface area contributed by atoms with Crippen LogP contribution in [0.1, 0.15) is 19.4 Å². The molecule has 2 unspecified atom stereocenters. The fourth-order valence-corrected chi connectivity index (χ4v) is 2.49. The molecule has 1 aliphatic heterocycles. The molecule has 1 amide bonds. The van der Waals surface area contributed by atoms with Crippen LogP contribution in [0, 0.1) is 0 Å². The Morgan fingerprint density at radius 3 is 2.50 bits per heavy atom. The lowest BCUT2D eigenvalue weighted by molar-refractivity contribution is -0.201. The maximum absolute atomic E-state index is 12.1. The lowest BCUT2D eigenvalue weighted by atomic mass is 9.84. The third kappa shape index (κ3) is 2.92. The highest BCUT2D eigenvalue weighted by Crippen LogP contribution is 2.34. The molecule has 1 heterocycles. The van der Waals surface area contributed by atoms with Gasteiger partial charge >= 0.3 is 12.1 Å². The molecule has 2 rings (SSSR count). The molecule has 6 heteroatoms. The summed E-state index contributed by atoms with van der Waals surface area (Å²) in [5.41, 5.74) is -0.186. The van der Waals surface area contributed by atoms with Gasteiger partial charge in [0.1, 0.15) is 6.61 Å². The number of nitrogens with zero attached hydrogens (tertiary/aromatic N) is 1. The minimum absolute atomic E-state index is 0.136. The Morgan fingerprint density at radius 2 is 1.95 bits per heavy atom. The highest BCUT2D eigenvalue weighted by Gasteiger charge is 2.59. The van der Waals surface area contributed by atoms with E-state index in [9.17, 15) is 9.59 Å². The van der Waals surface area contributed by atoms with Gasteiger partial charge in [0, 0.05) is 7.11 Å². The van der Waals surface area contributed by atoms with Gasteiger partial charge in [-0.3, -0.25) is 4.90 Å². The van der Waals surface area contributed by atoms with Crippen LogP contribution in [0.3, 0.4) is 0 Å². The topological polar surface area (TPSA) is 65.1 Å². The van der Waals surface area contributed by atoms with Crippen molar-refractivity contribution in [1.29, 1.82) is 0 Å². The Hall–Kier alpha value is -2.08. The number of amides is 1. The Kier molecular flexibility index (Phi) is 5.03. The van der Waals surface area contributed by atoms with Crippen molar-refractivity contribution < 1.29 is 23.8 Å². The summed E-state index contributed by atoms with van der Waals surface area (Å²) in [6.07, 6.45) is -0.465. The molecule has 120 valence electrons. The summed E-state index contributed by atoms with van der Waals surface area (Å²) in [7, 11) is 1.44. The Balaban J connectivity index is 1.92. The molecule has 1 aromatic rings. The first-order valence-corrected chi connectivity index (χ1v) is 7.25. The summed E-state index contributed by atoms with van der Waals surface area (Å²) in [5.74, 6) is -0.447. The number of esters is 1. The zero-order chi connectivity index (χ0) is 16.2. The molecule has 0 saturated carbocycles. The first-order valence-electron chi connectivity index (χ1n) is 7.25. The number of methoxy groups -OCH3 is 1. The molecule has 1 saturated heterocycles. The molecular formula is C16H21NO5. The molecule has 6 nitrogen and oxygen atoms in total. The first kappa shape index (κ1) is 16.3. The van der Waals surface area contributed by atoms with Crippen molar-refractivity contribution in [1.82, 2.24) is 4.90 Å². The fourth-order valence-electron chi connectivity index (χ4n) is 2.49. The second-order valence-electron chi connectivity index (χ2n) is 5.16. The number of ether oxygens (including phenoxy) is 3. The number of carbonyl (C=O) groups excluding carboxylic acids is 2. The van der Waals surface area contributed by atoms with E-state index in [4.69, 9.17) is 14.2 Å². The SMILES string of the molecule is CCOC(=O)C1(OC)CN(C(=O)OCc2ccccc2)C1C. The van der Waals surface area contributed by atoms with Crippen molar-refractivity contribution in [3.63, 3.8) is 0 Å². The summed E-state index contributed by atoms with van der Waals surface area (Å²) in [6, 6.07) is 8.99. The van der Waals surface area contributed by atoms with E-state index in [0.717, 1.165) is 5.56 Å². The predicted octanol–water partition coefficient (Wildman–Crippen LogP) is 1.98. The van der Waals surface area contributed by atoms with Crippen molar-refractivity contribution in [2.24, 2.45) is 0 Å².